The molecule has 182 valence electrons. The molecule has 12 heteroatoms. The highest BCUT2D eigenvalue weighted by Crippen LogP contribution is 2.30. The molecule has 2 aromatic heterocycles. The quantitative estimate of drug-likeness (QED) is 0.341. The topological polar surface area (TPSA) is 150 Å². The number of nitrogens with two attached hydrogens (primary N) is 1. The highest BCUT2D eigenvalue weighted by molar-refractivity contribution is 5.92. The summed E-state index contributed by atoms with van der Waals surface area (Å²) in [6.45, 7) is 0.850. The van der Waals surface area contributed by atoms with E-state index >= 15 is 0 Å². The summed E-state index contributed by atoms with van der Waals surface area (Å²) < 4.78 is 20.8. The van der Waals surface area contributed by atoms with E-state index in [0.717, 1.165) is 0 Å². The van der Waals surface area contributed by atoms with Crippen LogP contribution in [0.3, 0.4) is 0 Å². The fraction of sp³-hybridized carbons (Fsp3) is 0.167. The first-order valence-corrected chi connectivity index (χ1v) is 11.1. The van der Waals surface area contributed by atoms with Crippen LogP contribution in [0, 0.1) is 5.82 Å². The number of nitrogens with zero attached hydrogens (tertiary/aromatic N) is 5. The molecule has 0 bridgehead atoms. The van der Waals surface area contributed by atoms with Crippen LogP contribution < -0.4 is 21.1 Å². The predicted octanol–water partition coefficient (Wildman–Crippen LogP) is 2.11. The van der Waals surface area contributed by atoms with Crippen molar-refractivity contribution in [3.63, 3.8) is 0 Å². The molecule has 0 spiro atoms. The van der Waals surface area contributed by atoms with Crippen LogP contribution in [0.5, 0.6) is 11.5 Å². The molecule has 1 fully saturated rings. The van der Waals surface area contributed by atoms with Gasteiger partial charge in [-0.25, -0.2) is 24.0 Å². The van der Waals surface area contributed by atoms with Crippen molar-refractivity contribution in [1.82, 2.24) is 30.0 Å². The average Bonchev–Trinajstić information content (AvgIpc) is 3.52. The van der Waals surface area contributed by atoms with Crippen molar-refractivity contribution in [3.05, 3.63) is 78.3 Å². The number of hydrogen-bond donors (Lipinski definition) is 3. The maximum Gasteiger partial charge on any atom is 0.267 e. The van der Waals surface area contributed by atoms with Crippen LogP contribution in [-0.4, -0.2) is 49.1 Å². The van der Waals surface area contributed by atoms with Gasteiger partial charge >= 0.3 is 0 Å². The van der Waals surface area contributed by atoms with E-state index in [9.17, 15) is 14.0 Å². The molecule has 4 aromatic rings. The lowest BCUT2D eigenvalue weighted by Gasteiger charge is -2.15. The van der Waals surface area contributed by atoms with Crippen LogP contribution in [0.2, 0.25) is 0 Å². The van der Waals surface area contributed by atoms with Gasteiger partial charge in [-0.2, -0.15) is 5.10 Å². The standard InChI is InChI=1S/C24H21FN8O3/c25-15-1-3-16(4-2-15)36-17-5-6-18(14(9-17)11-33-13-27-12-29-33)23-31-20(22(26)34)10-21(32-23)30-19-7-8-28-24(19)35/h1-6,9-10,12-13,19H,7-8,11H2,(H2,26,34)(H,28,35)(H,30,31,32)/t19-/m0/s1. The Morgan fingerprint density at radius 1 is 1.17 bits per heavy atom. The number of nitrogens with one attached hydrogen (secondary N) is 2. The second-order valence-electron chi connectivity index (χ2n) is 8.07. The van der Waals surface area contributed by atoms with Crippen molar-refractivity contribution in [2.75, 3.05) is 11.9 Å². The summed E-state index contributed by atoms with van der Waals surface area (Å²) in [7, 11) is 0. The molecule has 1 saturated heterocycles. The highest BCUT2D eigenvalue weighted by Gasteiger charge is 2.25. The molecule has 2 amide bonds. The van der Waals surface area contributed by atoms with Crippen molar-refractivity contribution in [3.8, 4) is 22.9 Å². The van der Waals surface area contributed by atoms with E-state index in [-0.39, 0.29) is 23.2 Å². The minimum Gasteiger partial charge on any atom is -0.457 e. The number of benzene rings is 2. The number of aromatic nitrogens is 5. The molecular weight excluding hydrogens is 467 g/mol. The summed E-state index contributed by atoms with van der Waals surface area (Å²) in [5.41, 5.74) is 6.84. The van der Waals surface area contributed by atoms with Crippen LogP contribution in [0.1, 0.15) is 22.5 Å². The minimum absolute atomic E-state index is 0.000695. The van der Waals surface area contributed by atoms with Crippen LogP contribution in [-0.2, 0) is 11.3 Å². The average molecular weight is 488 g/mol. The zero-order chi connectivity index (χ0) is 25.1. The predicted molar refractivity (Wildman–Crippen MR) is 127 cm³/mol. The molecule has 0 saturated carbocycles. The molecule has 36 heavy (non-hydrogen) atoms. The van der Waals surface area contributed by atoms with Crippen molar-refractivity contribution >= 4 is 17.6 Å². The zero-order valence-electron chi connectivity index (χ0n) is 18.9. The van der Waals surface area contributed by atoms with Gasteiger partial charge < -0.3 is 21.1 Å². The minimum atomic E-state index is -0.730. The third-order valence-corrected chi connectivity index (χ3v) is 5.52. The van der Waals surface area contributed by atoms with E-state index < -0.39 is 11.9 Å². The summed E-state index contributed by atoms with van der Waals surface area (Å²) in [5, 5.41) is 9.97. The zero-order valence-corrected chi connectivity index (χ0v) is 18.9. The largest absolute Gasteiger partial charge is 0.457 e. The lowest BCUT2D eigenvalue weighted by molar-refractivity contribution is -0.119. The molecule has 0 radical (unpaired) electrons. The van der Waals surface area contributed by atoms with Gasteiger partial charge in [-0.1, -0.05) is 0 Å². The van der Waals surface area contributed by atoms with Gasteiger partial charge in [-0.05, 0) is 54.4 Å². The van der Waals surface area contributed by atoms with Crippen molar-refractivity contribution < 1.29 is 18.7 Å². The Hall–Kier alpha value is -4.87. The number of primary amides is 1. The van der Waals surface area contributed by atoms with E-state index in [0.29, 0.717) is 48.0 Å². The summed E-state index contributed by atoms with van der Waals surface area (Å²) >= 11 is 0. The lowest BCUT2D eigenvalue weighted by atomic mass is 10.1. The monoisotopic (exact) mass is 488 g/mol. The van der Waals surface area contributed by atoms with E-state index in [1.54, 1.807) is 29.2 Å². The molecule has 1 atom stereocenters. The van der Waals surface area contributed by atoms with Gasteiger partial charge in [0.1, 0.15) is 47.5 Å². The van der Waals surface area contributed by atoms with Crippen molar-refractivity contribution in [1.29, 1.82) is 0 Å². The Labute approximate surface area is 204 Å². The first kappa shape index (κ1) is 22.9. The summed E-state index contributed by atoms with van der Waals surface area (Å²) in [5.74, 6) is 0.244. The molecule has 0 aliphatic carbocycles. The first-order valence-electron chi connectivity index (χ1n) is 11.1. The molecular formula is C24H21FN8O3. The number of anilines is 1. The Kier molecular flexibility index (Phi) is 6.22. The smallest absolute Gasteiger partial charge is 0.267 e. The highest BCUT2D eigenvalue weighted by atomic mass is 19.1. The first-order chi connectivity index (χ1) is 17.4. The third-order valence-electron chi connectivity index (χ3n) is 5.52. The van der Waals surface area contributed by atoms with Gasteiger partial charge in [0.2, 0.25) is 5.91 Å². The van der Waals surface area contributed by atoms with E-state index in [1.807, 2.05) is 0 Å². The molecule has 0 unspecified atom stereocenters. The van der Waals surface area contributed by atoms with Crippen LogP contribution in [0.25, 0.3) is 11.4 Å². The fourth-order valence-electron chi connectivity index (χ4n) is 3.79. The van der Waals surface area contributed by atoms with Gasteiger partial charge in [0.05, 0.1) is 6.54 Å². The SMILES string of the molecule is NC(=O)c1cc(N[C@H]2CCNC2=O)nc(-c2ccc(Oc3ccc(F)cc3)cc2Cn2cncn2)n1. The summed E-state index contributed by atoms with van der Waals surface area (Å²) in [6, 6.07) is 11.8. The number of carbonyl (C=O) groups excluding carboxylic acids is 2. The van der Waals surface area contributed by atoms with Crippen molar-refractivity contribution in [2.24, 2.45) is 5.73 Å². The van der Waals surface area contributed by atoms with E-state index in [1.165, 1.54) is 36.7 Å². The number of carbonyl (C=O) groups is 2. The molecule has 11 nitrogen and oxygen atoms in total. The number of halogens is 1. The molecule has 1 aliphatic heterocycles. The Morgan fingerprint density at radius 3 is 2.67 bits per heavy atom. The second-order valence-corrected chi connectivity index (χ2v) is 8.07. The number of ether oxygens (including phenoxy) is 1. The van der Waals surface area contributed by atoms with Gasteiger partial charge in [-0.15, -0.1) is 0 Å². The van der Waals surface area contributed by atoms with Crippen LogP contribution in [0.4, 0.5) is 10.2 Å². The molecule has 2 aromatic carbocycles. The van der Waals surface area contributed by atoms with E-state index in [2.05, 4.69) is 30.7 Å². The molecule has 4 N–H and O–H groups in total. The maximum absolute atomic E-state index is 13.3. The second kappa shape index (κ2) is 9.78. The maximum atomic E-state index is 13.3. The molecule has 1 aliphatic rings. The normalized spacial score (nSPS) is 14.9. The molecule has 3 heterocycles. The van der Waals surface area contributed by atoms with Gasteiger partial charge in [0.25, 0.3) is 5.91 Å². The van der Waals surface area contributed by atoms with E-state index in [4.69, 9.17) is 10.5 Å². The summed E-state index contributed by atoms with van der Waals surface area (Å²) in [4.78, 5) is 36.9. The van der Waals surface area contributed by atoms with Gasteiger partial charge in [-0.3, -0.25) is 9.59 Å². The van der Waals surface area contributed by atoms with Crippen LogP contribution in [0.15, 0.2) is 61.2 Å². The Morgan fingerprint density at radius 2 is 1.97 bits per heavy atom. The Balaban J connectivity index is 1.54. The summed E-state index contributed by atoms with van der Waals surface area (Å²) in [6.07, 6.45) is 3.55. The van der Waals surface area contributed by atoms with Crippen molar-refractivity contribution in [2.45, 2.75) is 19.0 Å². The Bertz CT molecular complexity index is 1410. The van der Waals surface area contributed by atoms with Crippen LogP contribution >= 0.6 is 0 Å². The fourth-order valence-corrected chi connectivity index (χ4v) is 3.79. The van der Waals surface area contributed by atoms with Gasteiger partial charge in [0.15, 0.2) is 5.82 Å². The van der Waals surface area contributed by atoms with Gasteiger partial charge in [0, 0.05) is 18.2 Å². The molecule has 5 rings (SSSR count). The lowest BCUT2D eigenvalue weighted by Crippen LogP contribution is -2.30. The number of amides is 2. The number of rotatable bonds is 8. The number of hydrogen-bond acceptors (Lipinski definition) is 8. The third kappa shape index (κ3) is 5.12.